The lowest BCUT2D eigenvalue weighted by Crippen LogP contribution is -2.02. The second-order valence-corrected chi connectivity index (χ2v) is 6.07. The molecule has 19 heavy (non-hydrogen) atoms. The van der Waals surface area contributed by atoms with E-state index >= 15 is 0 Å². The van der Waals surface area contributed by atoms with Crippen molar-refractivity contribution in [2.75, 3.05) is 0 Å². The van der Waals surface area contributed by atoms with Crippen molar-refractivity contribution in [2.24, 2.45) is 0 Å². The van der Waals surface area contributed by atoms with E-state index in [4.69, 9.17) is 0 Å². The first kappa shape index (κ1) is 11.6. The van der Waals surface area contributed by atoms with Crippen LogP contribution in [0.2, 0.25) is 0 Å². The van der Waals surface area contributed by atoms with Gasteiger partial charge in [0, 0.05) is 11.6 Å². The van der Waals surface area contributed by atoms with Crippen molar-refractivity contribution in [3.05, 3.63) is 35.2 Å². The van der Waals surface area contributed by atoms with Gasteiger partial charge in [-0.05, 0) is 49.3 Å². The fourth-order valence-corrected chi connectivity index (χ4v) is 3.42. The van der Waals surface area contributed by atoms with E-state index in [-0.39, 0.29) is 0 Å². The average molecular weight is 318 g/mol. The van der Waals surface area contributed by atoms with Gasteiger partial charge in [-0.15, -0.1) is 10.2 Å². The van der Waals surface area contributed by atoms with Crippen molar-refractivity contribution in [1.82, 2.24) is 14.8 Å². The highest BCUT2D eigenvalue weighted by molar-refractivity contribution is 9.08. The van der Waals surface area contributed by atoms with Gasteiger partial charge in [0.15, 0.2) is 5.82 Å². The molecule has 0 unspecified atom stereocenters. The quantitative estimate of drug-likeness (QED) is 0.809. The topological polar surface area (TPSA) is 30.7 Å². The summed E-state index contributed by atoms with van der Waals surface area (Å²) in [6, 6.07) is 7.43. The maximum atomic E-state index is 4.43. The minimum absolute atomic E-state index is 0.616. The molecule has 0 radical (unpaired) electrons. The summed E-state index contributed by atoms with van der Waals surface area (Å²) in [4.78, 5) is 0. The molecule has 0 amide bonds. The lowest BCUT2D eigenvalue weighted by atomic mass is 10.1. The SMILES string of the molecule is BrCc1nnc(-c2ccc3c(c2)CCC3)n1C1CC1. The molecule has 0 atom stereocenters. The summed E-state index contributed by atoms with van der Waals surface area (Å²) < 4.78 is 2.32. The molecule has 3 nitrogen and oxygen atoms in total. The second kappa shape index (κ2) is 4.44. The molecule has 0 N–H and O–H groups in total. The van der Waals surface area contributed by atoms with Crippen LogP contribution >= 0.6 is 15.9 Å². The van der Waals surface area contributed by atoms with Crippen molar-refractivity contribution in [1.29, 1.82) is 0 Å². The van der Waals surface area contributed by atoms with Crippen molar-refractivity contribution >= 4 is 15.9 Å². The highest BCUT2D eigenvalue weighted by Crippen LogP contribution is 2.39. The number of alkyl halides is 1. The first-order chi connectivity index (χ1) is 9.36. The van der Waals surface area contributed by atoms with E-state index in [1.165, 1.54) is 48.8 Å². The third kappa shape index (κ3) is 1.93. The van der Waals surface area contributed by atoms with Gasteiger partial charge in [0.1, 0.15) is 5.82 Å². The molecular formula is C15H16BrN3. The third-order valence-electron chi connectivity index (χ3n) is 4.15. The van der Waals surface area contributed by atoms with Crippen molar-refractivity contribution in [2.45, 2.75) is 43.5 Å². The molecule has 4 heteroatoms. The summed E-state index contributed by atoms with van der Waals surface area (Å²) in [5.74, 6) is 2.10. The van der Waals surface area contributed by atoms with E-state index in [2.05, 4.69) is 48.9 Å². The van der Waals surface area contributed by atoms with Crippen LogP contribution in [0.4, 0.5) is 0 Å². The van der Waals surface area contributed by atoms with Gasteiger partial charge in [-0.3, -0.25) is 0 Å². The Morgan fingerprint density at radius 2 is 2.00 bits per heavy atom. The molecule has 1 fully saturated rings. The summed E-state index contributed by atoms with van der Waals surface area (Å²) in [7, 11) is 0. The number of aryl methyl sites for hydroxylation is 2. The fraction of sp³-hybridized carbons (Fsp3) is 0.467. The number of hydrogen-bond acceptors (Lipinski definition) is 2. The van der Waals surface area contributed by atoms with Crippen molar-refractivity contribution in [3.8, 4) is 11.4 Å². The summed E-state index contributed by atoms with van der Waals surface area (Å²) >= 11 is 3.52. The van der Waals surface area contributed by atoms with E-state index in [9.17, 15) is 0 Å². The first-order valence-electron chi connectivity index (χ1n) is 6.99. The number of benzene rings is 1. The minimum atomic E-state index is 0.616. The average Bonchev–Trinajstić information content (AvgIpc) is 3.02. The Labute approximate surface area is 121 Å². The molecule has 0 bridgehead atoms. The normalized spacial score (nSPS) is 17.7. The molecule has 4 rings (SSSR count). The zero-order valence-electron chi connectivity index (χ0n) is 10.8. The number of fused-ring (bicyclic) bond motifs is 1. The molecule has 98 valence electrons. The Morgan fingerprint density at radius 3 is 2.79 bits per heavy atom. The molecule has 1 aromatic heterocycles. The van der Waals surface area contributed by atoms with Gasteiger partial charge in [-0.25, -0.2) is 0 Å². The Morgan fingerprint density at radius 1 is 1.16 bits per heavy atom. The molecule has 2 aromatic rings. The Kier molecular flexibility index (Phi) is 2.72. The molecule has 0 saturated heterocycles. The summed E-state index contributed by atoms with van der Waals surface area (Å²) in [6.45, 7) is 0. The largest absolute Gasteiger partial charge is 0.307 e. The zero-order chi connectivity index (χ0) is 12.8. The summed E-state index contributed by atoms with van der Waals surface area (Å²) in [5, 5.41) is 9.54. The van der Waals surface area contributed by atoms with Crippen LogP contribution in [0.15, 0.2) is 18.2 Å². The number of aromatic nitrogens is 3. The van der Waals surface area contributed by atoms with E-state index < -0.39 is 0 Å². The maximum Gasteiger partial charge on any atom is 0.164 e. The van der Waals surface area contributed by atoms with Gasteiger partial charge in [-0.2, -0.15) is 0 Å². The van der Waals surface area contributed by atoms with Crippen LogP contribution in [0.1, 0.15) is 42.3 Å². The Bertz CT molecular complexity index is 628. The lowest BCUT2D eigenvalue weighted by molar-refractivity contribution is 0.714. The predicted molar refractivity (Wildman–Crippen MR) is 78.4 cm³/mol. The van der Waals surface area contributed by atoms with Crippen molar-refractivity contribution < 1.29 is 0 Å². The zero-order valence-corrected chi connectivity index (χ0v) is 12.4. The van der Waals surface area contributed by atoms with E-state index in [1.54, 1.807) is 0 Å². The summed E-state index contributed by atoms with van der Waals surface area (Å²) in [6.07, 6.45) is 6.26. The van der Waals surface area contributed by atoms with Crippen LogP contribution < -0.4 is 0 Å². The van der Waals surface area contributed by atoms with Crippen LogP contribution in [-0.4, -0.2) is 14.8 Å². The van der Waals surface area contributed by atoms with Gasteiger partial charge < -0.3 is 4.57 Å². The van der Waals surface area contributed by atoms with E-state index in [1.807, 2.05) is 0 Å². The number of rotatable bonds is 3. The molecular weight excluding hydrogens is 302 g/mol. The Balaban J connectivity index is 1.81. The number of nitrogens with zero attached hydrogens (tertiary/aromatic N) is 3. The highest BCUT2D eigenvalue weighted by Gasteiger charge is 2.29. The number of halogens is 1. The molecule has 0 aliphatic heterocycles. The van der Waals surface area contributed by atoms with Crippen molar-refractivity contribution in [3.63, 3.8) is 0 Å². The van der Waals surface area contributed by atoms with E-state index in [0.29, 0.717) is 6.04 Å². The van der Waals surface area contributed by atoms with Gasteiger partial charge in [0.05, 0.1) is 5.33 Å². The summed E-state index contributed by atoms with van der Waals surface area (Å²) in [5.41, 5.74) is 4.25. The predicted octanol–water partition coefficient (Wildman–Crippen LogP) is 3.66. The molecule has 1 aromatic carbocycles. The van der Waals surface area contributed by atoms with Crippen LogP contribution in [0.5, 0.6) is 0 Å². The fourth-order valence-electron chi connectivity index (χ4n) is 3.04. The number of hydrogen-bond donors (Lipinski definition) is 0. The highest BCUT2D eigenvalue weighted by atomic mass is 79.9. The van der Waals surface area contributed by atoms with Gasteiger partial charge in [0.2, 0.25) is 0 Å². The monoisotopic (exact) mass is 317 g/mol. The first-order valence-corrected chi connectivity index (χ1v) is 8.11. The van der Waals surface area contributed by atoms with Crippen LogP contribution in [0.3, 0.4) is 0 Å². The molecule has 1 heterocycles. The van der Waals surface area contributed by atoms with E-state index in [0.717, 1.165) is 17.0 Å². The molecule has 2 aliphatic rings. The van der Waals surface area contributed by atoms with Crippen LogP contribution in [0.25, 0.3) is 11.4 Å². The Hall–Kier alpha value is -1.16. The van der Waals surface area contributed by atoms with Gasteiger partial charge >= 0.3 is 0 Å². The third-order valence-corrected chi connectivity index (χ3v) is 4.66. The van der Waals surface area contributed by atoms with Crippen LogP contribution in [0, 0.1) is 0 Å². The lowest BCUT2D eigenvalue weighted by Gasteiger charge is -2.09. The minimum Gasteiger partial charge on any atom is -0.307 e. The molecule has 1 saturated carbocycles. The smallest absolute Gasteiger partial charge is 0.164 e. The maximum absolute atomic E-state index is 4.43. The standard InChI is InChI=1S/C15H16BrN3/c16-9-14-17-18-15(19(14)13-6-7-13)12-5-4-10-2-1-3-11(10)8-12/h4-5,8,13H,1-3,6-7,9H2. The second-order valence-electron chi connectivity index (χ2n) is 5.51. The molecule has 2 aliphatic carbocycles. The van der Waals surface area contributed by atoms with Gasteiger partial charge in [-0.1, -0.05) is 28.1 Å². The molecule has 0 spiro atoms. The van der Waals surface area contributed by atoms with Gasteiger partial charge in [0.25, 0.3) is 0 Å². The van der Waals surface area contributed by atoms with Crippen LogP contribution in [-0.2, 0) is 18.2 Å².